The maximum absolute atomic E-state index is 12.1. The molecule has 1 amide bonds. The van der Waals surface area contributed by atoms with Crippen LogP contribution < -0.4 is 0 Å². The number of nitrogens with zero attached hydrogens (tertiary/aromatic N) is 2. The second-order valence-corrected chi connectivity index (χ2v) is 5.75. The summed E-state index contributed by atoms with van der Waals surface area (Å²) in [5.74, 6) is 0.278. The molecular formula is C13H20N2O. The predicted molar refractivity (Wildman–Crippen MR) is 63.9 cm³/mol. The van der Waals surface area contributed by atoms with Gasteiger partial charge in [-0.05, 0) is 17.5 Å². The summed E-state index contributed by atoms with van der Waals surface area (Å²) in [6.07, 6.45) is 2.72. The molecule has 1 aliphatic rings. The Labute approximate surface area is 97.1 Å². The van der Waals surface area contributed by atoms with E-state index in [1.807, 2.05) is 11.0 Å². The Kier molecular flexibility index (Phi) is 2.78. The zero-order valence-corrected chi connectivity index (χ0v) is 10.4. The molecule has 88 valence electrons. The van der Waals surface area contributed by atoms with Crippen molar-refractivity contribution in [2.24, 2.45) is 5.41 Å². The summed E-state index contributed by atoms with van der Waals surface area (Å²) in [6, 6.07) is 4.14. The predicted octanol–water partition coefficient (Wildman–Crippen LogP) is 2.27. The first-order valence-electron chi connectivity index (χ1n) is 5.87. The molecule has 0 saturated carbocycles. The molecule has 0 bridgehead atoms. The summed E-state index contributed by atoms with van der Waals surface area (Å²) in [5.41, 5.74) is 1.32. The van der Waals surface area contributed by atoms with Crippen LogP contribution in [-0.4, -0.2) is 21.9 Å². The lowest BCUT2D eigenvalue weighted by Crippen LogP contribution is -2.39. The summed E-state index contributed by atoms with van der Waals surface area (Å²) in [4.78, 5) is 14.0. The Morgan fingerprint density at radius 3 is 2.81 bits per heavy atom. The van der Waals surface area contributed by atoms with Gasteiger partial charge in [-0.25, -0.2) is 0 Å². The SMILES string of the molecule is CC(C)(C)CC(=O)N1CCn2cccc2C1. The molecule has 3 nitrogen and oxygen atoms in total. The number of carbonyl (C=O) groups is 1. The summed E-state index contributed by atoms with van der Waals surface area (Å²) >= 11 is 0. The van der Waals surface area contributed by atoms with Gasteiger partial charge in [-0.2, -0.15) is 0 Å². The van der Waals surface area contributed by atoms with Crippen LogP contribution in [0.1, 0.15) is 32.9 Å². The van der Waals surface area contributed by atoms with Crippen LogP contribution in [0.3, 0.4) is 0 Å². The molecule has 1 aromatic heterocycles. The lowest BCUT2D eigenvalue weighted by molar-refractivity contribution is -0.134. The summed E-state index contributed by atoms with van der Waals surface area (Å²) < 4.78 is 2.22. The van der Waals surface area contributed by atoms with Gasteiger partial charge in [-0.15, -0.1) is 0 Å². The van der Waals surface area contributed by atoms with Gasteiger partial charge in [0.15, 0.2) is 0 Å². The van der Waals surface area contributed by atoms with E-state index in [2.05, 4.69) is 37.6 Å². The normalized spacial score (nSPS) is 16.1. The van der Waals surface area contributed by atoms with E-state index in [9.17, 15) is 4.79 Å². The number of rotatable bonds is 1. The van der Waals surface area contributed by atoms with Gasteiger partial charge in [0, 0.05) is 31.4 Å². The van der Waals surface area contributed by atoms with E-state index in [0.717, 1.165) is 19.6 Å². The number of aromatic nitrogens is 1. The smallest absolute Gasteiger partial charge is 0.223 e. The van der Waals surface area contributed by atoms with Crippen molar-refractivity contribution in [1.29, 1.82) is 0 Å². The summed E-state index contributed by atoms with van der Waals surface area (Å²) in [6.45, 7) is 8.86. The molecule has 0 saturated heterocycles. The molecule has 1 aromatic rings. The van der Waals surface area contributed by atoms with Gasteiger partial charge >= 0.3 is 0 Å². The van der Waals surface area contributed by atoms with Crippen molar-refractivity contribution >= 4 is 5.91 Å². The average molecular weight is 220 g/mol. The number of carbonyl (C=O) groups excluding carboxylic acids is 1. The third-order valence-electron chi connectivity index (χ3n) is 2.92. The molecule has 0 aromatic carbocycles. The molecular weight excluding hydrogens is 200 g/mol. The Bertz CT molecular complexity index is 387. The lowest BCUT2D eigenvalue weighted by atomic mass is 9.91. The van der Waals surface area contributed by atoms with Crippen LogP contribution in [0.25, 0.3) is 0 Å². The first kappa shape index (κ1) is 11.2. The van der Waals surface area contributed by atoms with E-state index in [1.54, 1.807) is 0 Å². The molecule has 3 heteroatoms. The molecule has 0 fully saturated rings. The van der Waals surface area contributed by atoms with Crippen molar-refractivity contribution in [3.05, 3.63) is 24.0 Å². The number of hydrogen-bond acceptors (Lipinski definition) is 1. The zero-order valence-electron chi connectivity index (χ0n) is 10.4. The maximum atomic E-state index is 12.1. The van der Waals surface area contributed by atoms with Crippen LogP contribution in [0.2, 0.25) is 0 Å². The number of hydrogen-bond donors (Lipinski definition) is 0. The van der Waals surface area contributed by atoms with Gasteiger partial charge in [0.25, 0.3) is 0 Å². The molecule has 0 radical (unpaired) electrons. The largest absolute Gasteiger partial charge is 0.348 e. The third-order valence-corrected chi connectivity index (χ3v) is 2.92. The molecule has 0 unspecified atom stereocenters. The minimum atomic E-state index is 0.0799. The maximum Gasteiger partial charge on any atom is 0.223 e. The summed E-state index contributed by atoms with van der Waals surface area (Å²) in [5, 5.41) is 0. The van der Waals surface area contributed by atoms with E-state index in [-0.39, 0.29) is 11.3 Å². The van der Waals surface area contributed by atoms with Gasteiger partial charge in [0.05, 0.1) is 6.54 Å². The van der Waals surface area contributed by atoms with Gasteiger partial charge in [-0.3, -0.25) is 4.79 Å². The topological polar surface area (TPSA) is 25.2 Å². The molecule has 0 atom stereocenters. The van der Waals surface area contributed by atoms with E-state index >= 15 is 0 Å². The molecule has 2 heterocycles. The average Bonchev–Trinajstić information content (AvgIpc) is 2.61. The van der Waals surface area contributed by atoms with Crippen LogP contribution in [0.15, 0.2) is 18.3 Å². The highest BCUT2D eigenvalue weighted by molar-refractivity contribution is 5.76. The van der Waals surface area contributed by atoms with E-state index < -0.39 is 0 Å². The molecule has 1 aliphatic heterocycles. The Morgan fingerprint density at radius 2 is 2.12 bits per heavy atom. The molecule has 0 N–H and O–H groups in total. The zero-order chi connectivity index (χ0) is 11.8. The highest BCUT2D eigenvalue weighted by Gasteiger charge is 2.24. The first-order valence-corrected chi connectivity index (χ1v) is 5.87. The van der Waals surface area contributed by atoms with E-state index in [1.165, 1.54) is 5.69 Å². The summed E-state index contributed by atoms with van der Waals surface area (Å²) in [7, 11) is 0. The molecule has 2 rings (SSSR count). The van der Waals surface area contributed by atoms with E-state index in [0.29, 0.717) is 6.42 Å². The van der Waals surface area contributed by atoms with Crippen molar-refractivity contribution in [3.8, 4) is 0 Å². The highest BCUT2D eigenvalue weighted by Crippen LogP contribution is 2.22. The fourth-order valence-electron chi connectivity index (χ4n) is 2.09. The van der Waals surface area contributed by atoms with Gasteiger partial charge in [-0.1, -0.05) is 20.8 Å². The highest BCUT2D eigenvalue weighted by atomic mass is 16.2. The quantitative estimate of drug-likeness (QED) is 0.712. The minimum absolute atomic E-state index is 0.0799. The fourth-order valence-corrected chi connectivity index (χ4v) is 2.09. The second-order valence-electron chi connectivity index (χ2n) is 5.75. The molecule has 16 heavy (non-hydrogen) atoms. The second kappa shape index (κ2) is 3.96. The van der Waals surface area contributed by atoms with Crippen LogP contribution in [-0.2, 0) is 17.9 Å². The van der Waals surface area contributed by atoms with Crippen molar-refractivity contribution < 1.29 is 4.79 Å². The monoisotopic (exact) mass is 220 g/mol. The van der Waals surface area contributed by atoms with Gasteiger partial charge in [0.2, 0.25) is 5.91 Å². The Morgan fingerprint density at radius 1 is 1.38 bits per heavy atom. The minimum Gasteiger partial charge on any atom is -0.348 e. The van der Waals surface area contributed by atoms with E-state index in [4.69, 9.17) is 0 Å². The van der Waals surface area contributed by atoms with Crippen molar-refractivity contribution in [2.45, 2.75) is 40.3 Å². The first-order chi connectivity index (χ1) is 7.46. The third kappa shape index (κ3) is 2.46. The standard InChI is InChI=1S/C13H20N2O/c1-13(2,3)9-12(16)15-8-7-14-6-4-5-11(14)10-15/h4-6H,7-10H2,1-3H3. The van der Waals surface area contributed by atoms with Crippen LogP contribution >= 0.6 is 0 Å². The fraction of sp³-hybridized carbons (Fsp3) is 0.615. The molecule has 0 aliphatic carbocycles. The van der Waals surface area contributed by atoms with Crippen LogP contribution in [0.5, 0.6) is 0 Å². The van der Waals surface area contributed by atoms with Crippen molar-refractivity contribution in [2.75, 3.05) is 6.54 Å². The Hall–Kier alpha value is -1.25. The van der Waals surface area contributed by atoms with Crippen molar-refractivity contribution in [3.63, 3.8) is 0 Å². The van der Waals surface area contributed by atoms with Crippen molar-refractivity contribution in [1.82, 2.24) is 9.47 Å². The van der Waals surface area contributed by atoms with Gasteiger partial charge < -0.3 is 9.47 Å². The van der Waals surface area contributed by atoms with Crippen LogP contribution in [0.4, 0.5) is 0 Å². The number of amides is 1. The Balaban J connectivity index is 2.01. The lowest BCUT2D eigenvalue weighted by Gasteiger charge is -2.31. The number of fused-ring (bicyclic) bond motifs is 1. The van der Waals surface area contributed by atoms with Gasteiger partial charge in [0.1, 0.15) is 0 Å². The molecule has 0 spiro atoms. The van der Waals surface area contributed by atoms with Crippen LogP contribution in [0, 0.1) is 5.41 Å².